The zero-order chi connectivity index (χ0) is 18.6. The molecule has 0 fully saturated rings. The summed E-state index contributed by atoms with van der Waals surface area (Å²) in [7, 11) is 0. The van der Waals surface area contributed by atoms with Crippen molar-refractivity contribution in [3.63, 3.8) is 0 Å². The molecule has 1 aliphatic rings. The van der Waals surface area contributed by atoms with E-state index in [1.165, 1.54) is 11.1 Å². The van der Waals surface area contributed by atoms with Crippen molar-refractivity contribution < 1.29 is 4.79 Å². The fraction of sp³-hybridized carbons (Fsp3) is 0.217. The van der Waals surface area contributed by atoms with Crippen LogP contribution < -0.4 is 4.90 Å². The SMILES string of the molecule is CCN(c1ccccc1)c1ccc(C(=O)N2CCc3ccccc3C2)cn1. The lowest BCUT2D eigenvalue weighted by Gasteiger charge is -2.29. The van der Waals surface area contributed by atoms with Crippen LogP contribution in [0.15, 0.2) is 72.9 Å². The number of pyridine rings is 1. The van der Waals surface area contributed by atoms with Crippen LogP contribution in [0.5, 0.6) is 0 Å². The van der Waals surface area contributed by atoms with Gasteiger partial charge in [0.25, 0.3) is 5.91 Å². The number of carbonyl (C=O) groups is 1. The number of rotatable bonds is 4. The van der Waals surface area contributed by atoms with Gasteiger partial charge in [0.15, 0.2) is 0 Å². The average Bonchev–Trinajstić information content (AvgIpc) is 2.75. The molecule has 4 nitrogen and oxygen atoms in total. The normalized spacial score (nSPS) is 13.1. The minimum atomic E-state index is 0.0475. The second kappa shape index (κ2) is 7.62. The lowest BCUT2D eigenvalue weighted by molar-refractivity contribution is 0.0734. The number of benzene rings is 2. The zero-order valence-electron chi connectivity index (χ0n) is 15.5. The Hall–Kier alpha value is -3.14. The van der Waals surface area contributed by atoms with E-state index in [1.54, 1.807) is 6.20 Å². The molecule has 4 rings (SSSR count). The molecule has 2 aromatic carbocycles. The van der Waals surface area contributed by atoms with Crippen molar-refractivity contribution in [2.24, 2.45) is 0 Å². The van der Waals surface area contributed by atoms with Crippen molar-refractivity contribution in [3.05, 3.63) is 89.6 Å². The highest BCUT2D eigenvalue weighted by Gasteiger charge is 2.22. The van der Waals surface area contributed by atoms with Gasteiger partial charge in [-0.15, -0.1) is 0 Å². The van der Waals surface area contributed by atoms with E-state index in [2.05, 4.69) is 47.1 Å². The summed E-state index contributed by atoms with van der Waals surface area (Å²) in [6, 6.07) is 22.3. The molecule has 3 aromatic rings. The Morgan fingerprint density at radius 3 is 2.44 bits per heavy atom. The first-order valence-corrected chi connectivity index (χ1v) is 9.41. The van der Waals surface area contributed by atoms with Gasteiger partial charge in [-0.3, -0.25) is 4.79 Å². The van der Waals surface area contributed by atoms with Crippen LogP contribution >= 0.6 is 0 Å². The summed E-state index contributed by atoms with van der Waals surface area (Å²) in [4.78, 5) is 21.5. The Morgan fingerprint density at radius 2 is 1.74 bits per heavy atom. The molecule has 1 aliphatic heterocycles. The zero-order valence-corrected chi connectivity index (χ0v) is 15.5. The van der Waals surface area contributed by atoms with Crippen LogP contribution in [-0.2, 0) is 13.0 Å². The number of anilines is 2. The number of carbonyl (C=O) groups excluding carboxylic acids is 1. The quantitative estimate of drug-likeness (QED) is 0.693. The predicted molar refractivity (Wildman–Crippen MR) is 108 cm³/mol. The molecule has 0 aliphatic carbocycles. The number of fused-ring (bicyclic) bond motifs is 1. The maximum absolute atomic E-state index is 12.9. The van der Waals surface area contributed by atoms with E-state index in [0.717, 1.165) is 31.0 Å². The molecule has 0 N–H and O–H groups in total. The van der Waals surface area contributed by atoms with Gasteiger partial charge < -0.3 is 9.80 Å². The summed E-state index contributed by atoms with van der Waals surface area (Å²) in [6.07, 6.45) is 2.61. The second-order valence-electron chi connectivity index (χ2n) is 6.73. The standard InChI is InChI=1S/C23H23N3O/c1-2-26(21-10-4-3-5-11-21)22-13-12-19(16-24-22)23(27)25-15-14-18-8-6-7-9-20(18)17-25/h3-13,16H,2,14-15,17H2,1H3. The van der Waals surface area contributed by atoms with Gasteiger partial charge in [0.2, 0.25) is 0 Å². The van der Waals surface area contributed by atoms with Crippen molar-refractivity contribution in [1.82, 2.24) is 9.88 Å². The van der Waals surface area contributed by atoms with Crippen molar-refractivity contribution >= 4 is 17.4 Å². The van der Waals surface area contributed by atoms with E-state index in [1.807, 2.05) is 41.3 Å². The smallest absolute Gasteiger partial charge is 0.255 e. The summed E-state index contributed by atoms with van der Waals surface area (Å²) < 4.78 is 0. The van der Waals surface area contributed by atoms with Gasteiger partial charge in [0, 0.05) is 31.5 Å². The maximum atomic E-state index is 12.9. The van der Waals surface area contributed by atoms with Gasteiger partial charge in [0.1, 0.15) is 5.82 Å². The molecule has 4 heteroatoms. The first-order valence-electron chi connectivity index (χ1n) is 9.41. The highest BCUT2D eigenvalue weighted by Crippen LogP contribution is 2.24. The first kappa shape index (κ1) is 17.3. The molecule has 0 radical (unpaired) electrons. The van der Waals surface area contributed by atoms with Gasteiger partial charge in [-0.25, -0.2) is 4.98 Å². The summed E-state index contributed by atoms with van der Waals surface area (Å²) in [5.74, 6) is 0.899. The number of hydrogen-bond donors (Lipinski definition) is 0. The number of nitrogens with zero attached hydrogens (tertiary/aromatic N) is 3. The van der Waals surface area contributed by atoms with E-state index in [9.17, 15) is 4.79 Å². The average molecular weight is 357 g/mol. The summed E-state index contributed by atoms with van der Waals surface area (Å²) in [5.41, 5.74) is 4.32. The second-order valence-corrected chi connectivity index (χ2v) is 6.73. The highest BCUT2D eigenvalue weighted by molar-refractivity contribution is 5.94. The Balaban J connectivity index is 1.51. The van der Waals surface area contributed by atoms with Crippen molar-refractivity contribution in [3.8, 4) is 0 Å². The predicted octanol–water partition coefficient (Wildman–Crippen LogP) is 4.44. The van der Waals surface area contributed by atoms with E-state index in [-0.39, 0.29) is 5.91 Å². The minimum absolute atomic E-state index is 0.0475. The van der Waals surface area contributed by atoms with Crippen LogP contribution in [0.4, 0.5) is 11.5 Å². The Labute approximate surface area is 160 Å². The molecule has 0 bridgehead atoms. The Bertz CT molecular complexity index is 922. The Morgan fingerprint density at radius 1 is 1.00 bits per heavy atom. The number of aromatic nitrogens is 1. The summed E-state index contributed by atoms with van der Waals surface area (Å²) >= 11 is 0. The van der Waals surface area contributed by atoms with Crippen molar-refractivity contribution in [2.75, 3.05) is 18.0 Å². The first-order chi connectivity index (χ1) is 13.3. The third-order valence-electron chi connectivity index (χ3n) is 5.07. The summed E-state index contributed by atoms with van der Waals surface area (Å²) in [5, 5.41) is 0. The van der Waals surface area contributed by atoms with Gasteiger partial charge >= 0.3 is 0 Å². The molecule has 0 saturated heterocycles. The lowest BCUT2D eigenvalue weighted by atomic mass is 9.99. The molecular weight excluding hydrogens is 334 g/mol. The van der Waals surface area contributed by atoms with Crippen molar-refractivity contribution in [1.29, 1.82) is 0 Å². The van der Waals surface area contributed by atoms with Gasteiger partial charge in [-0.1, -0.05) is 42.5 Å². The molecular formula is C23H23N3O. The molecule has 2 heterocycles. The van der Waals surface area contributed by atoms with Crippen LogP contribution in [0.2, 0.25) is 0 Å². The molecule has 0 unspecified atom stereocenters. The molecule has 136 valence electrons. The highest BCUT2D eigenvalue weighted by atomic mass is 16.2. The van der Waals surface area contributed by atoms with Crippen LogP contribution in [0.25, 0.3) is 0 Å². The molecule has 0 atom stereocenters. The van der Waals surface area contributed by atoms with Crippen LogP contribution in [-0.4, -0.2) is 28.9 Å². The number of para-hydroxylation sites is 1. The van der Waals surface area contributed by atoms with Crippen LogP contribution in [0.1, 0.15) is 28.4 Å². The van der Waals surface area contributed by atoms with Crippen LogP contribution in [0, 0.1) is 0 Å². The van der Waals surface area contributed by atoms with Gasteiger partial charge in [-0.05, 0) is 48.7 Å². The van der Waals surface area contributed by atoms with E-state index >= 15 is 0 Å². The summed E-state index contributed by atoms with van der Waals surface area (Å²) in [6.45, 7) is 4.33. The Kier molecular flexibility index (Phi) is 4.88. The van der Waals surface area contributed by atoms with Gasteiger partial charge in [-0.2, -0.15) is 0 Å². The van der Waals surface area contributed by atoms with Crippen molar-refractivity contribution in [2.45, 2.75) is 19.9 Å². The molecule has 1 aromatic heterocycles. The molecule has 0 spiro atoms. The largest absolute Gasteiger partial charge is 0.334 e. The monoisotopic (exact) mass is 357 g/mol. The molecule has 0 saturated carbocycles. The lowest BCUT2D eigenvalue weighted by Crippen LogP contribution is -2.36. The maximum Gasteiger partial charge on any atom is 0.255 e. The number of hydrogen-bond acceptors (Lipinski definition) is 3. The molecule has 1 amide bonds. The fourth-order valence-corrected chi connectivity index (χ4v) is 3.61. The van der Waals surface area contributed by atoms with E-state index < -0.39 is 0 Å². The topological polar surface area (TPSA) is 36.4 Å². The fourth-order valence-electron chi connectivity index (χ4n) is 3.61. The molecule has 27 heavy (non-hydrogen) atoms. The third-order valence-corrected chi connectivity index (χ3v) is 5.07. The van der Waals surface area contributed by atoms with E-state index in [0.29, 0.717) is 12.1 Å². The number of amides is 1. The van der Waals surface area contributed by atoms with Crippen LogP contribution in [0.3, 0.4) is 0 Å². The minimum Gasteiger partial charge on any atom is -0.334 e. The van der Waals surface area contributed by atoms with E-state index in [4.69, 9.17) is 0 Å². The third kappa shape index (κ3) is 3.56. The van der Waals surface area contributed by atoms with Gasteiger partial charge in [0.05, 0.1) is 5.56 Å².